The molecule has 0 spiro atoms. The van der Waals surface area contributed by atoms with E-state index in [2.05, 4.69) is 10.3 Å². The molecule has 0 saturated heterocycles. The second kappa shape index (κ2) is 6.18. The van der Waals surface area contributed by atoms with Gasteiger partial charge >= 0.3 is 0 Å². The Balaban J connectivity index is 1.95. The number of aryl methyl sites for hydroxylation is 1. The van der Waals surface area contributed by atoms with Gasteiger partial charge in [-0.3, -0.25) is 4.98 Å². The molecule has 0 aliphatic heterocycles. The van der Waals surface area contributed by atoms with Crippen LogP contribution in [0.5, 0.6) is 5.75 Å². The van der Waals surface area contributed by atoms with Crippen molar-refractivity contribution < 1.29 is 9.13 Å². The van der Waals surface area contributed by atoms with Gasteiger partial charge in [0, 0.05) is 12.2 Å². The van der Waals surface area contributed by atoms with Gasteiger partial charge in [-0.1, -0.05) is 12.1 Å². The second-order valence-corrected chi connectivity index (χ2v) is 4.33. The van der Waals surface area contributed by atoms with Crippen LogP contribution in [0, 0.1) is 12.7 Å². The van der Waals surface area contributed by atoms with Gasteiger partial charge < -0.3 is 10.1 Å². The van der Waals surface area contributed by atoms with Crippen LogP contribution in [0.1, 0.15) is 11.3 Å². The largest absolute Gasteiger partial charge is 0.493 e. The maximum Gasteiger partial charge on any atom is 0.160 e. The van der Waals surface area contributed by atoms with Crippen LogP contribution < -0.4 is 10.1 Å². The molecule has 2 rings (SSSR count). The van der Waals surface area contributed by atoms with Crippen molar-refractivity contribution in [1.82, 2.24) is 4.98 Å². The number of nitrogens with zero attached hydrogens (tertiary/aromatic N) is 1. The van der Waals surface area contributed by atoms with Gasteiger partial charge in [0.25, 0.3) is 0 Å². The molecular formula is C15H17FN2O. The molecule has 0 atom stereocenters. The minimum Gasteiger partial charge on any atom is -0.493 e. The third-order valence-electron chi connectivity index (χ3n) is 2.87. The zero-order chi connectivity index (χ0) is 13.7. The van der Waals surface area contributed by atoms with E-state index in [0.717, 1.165) is 35.7 Å². The van der Waals surface area contributed by atoms with Crippen molar-refractivity contribution in [3.05, 3.63) is 53.6 Å². The summed E-state index contributed by atoms with van der Waals surface area (Å²) in [6, 6.07) is 8.50. The number of ether oxygens (including phenoxy) is 1. The molecule has 1 heterocycles. The number of benzene rings is 1. The summed E-state index contributed by atoms with van der Waals surface area (Å²) in [6.45, 7) is 2.69. The SMILES string of the molecule is COc1cnc(C)cc1NCCc1ccc(F)cc1. The lowest BCUT2D eigenvalue weighted by Crippen LogP contribution is -2.06. The molecular weight excluding hydrogens is 243 g/mol. The fraction of sp³-hybridized carbons (Fsp3) is 0.267. The Hall–Kier alpha value is -2.10. The highest BCUT2D eigenvalue weighted by Gasteiger charge is 2.03. The van der Waals surface area contributed by atoms with Gasteiger partial charge in [0.15, 0.2) is 5.75 Å². The van der Waals surface area contributed by atoms with Crippen LogP contribution in [0.25, 0.3) is 0 Å². The van der Waals surface area contributed by atoms with Crippen molar-refractivity contribution in [1.29, 1.82) is 0 Å². The molecule has 3 nitrogen and oxygen atoms in total. The topological polar surface area (TPSA) is 34.1 Å². The van der Waals surface area contributed by atoms with E-state index in [1.54, 1.807) is 25.4 Å². The molecule has 1 aromatic carbocycles. The normalized spacial score (nSPS) is 10.3. The van der Waals surface area contributed by atoms with Crippen molar-refractivity contribution >= 4 is 5.69 Å². The number of hydrogen-bond acceptors (Lipinski definition) is 3. The van der Waals surface area contributed by atoms with E-state index in [9.17, 15) is 4.39 Å². The molecule has 4 heteroatoms. The monoisotopic (exact) mass is 260 g/mol. The lowest BCUT2D eigenvalue weighted by molar-refractivity contribution is 0.414. The number of pyridine rings is 1. The Kier molecular flexibility index (Phi) is 4.34. The molecule has 0 aliphatic carbocycles. The zero-order valence-electron chi connectivity index (χ0n) is 11.1. The van der Waals surface area contributed by atoms with Crippen LogP contribution in [0.2, 0.25) is 0 Å². The number of anilines is 1. The average Bonchev–Trinajstić information content (AvgIpc) is 2.41. The number of hydrogen-bond donors (Lipinski definition) is 1. The summed E-state index contributed by atoms with van der Waals surface area (Å²) in [5.74, 6) is 0.521. The van der Waals surface area contributed by atoms with Crippen molar-refractivity contribution in [3.63, 3.8) is 0 Å². The van der Waals surface area contributed by atoms with E-state index in [4.69, 9.17) is 4.74 Å². The van der Waals surface area contributed by atoms with Crippen LogP contribution in [-0.4, -0.2) is 18.6 Å². The first-order valence-electron chi connectivity index (χ1n) is 6.18. The molecule has 0 aliphatic rings. The third-order valence-corrected chi connectivity index (χ3v) is 2.87. The maximum absolute atomic E-state index is 12.8. The van der Waals surface area contributed by atoms with Crippen LogP contribution in [0.3, 0.4) is 0 Å². The van der Waals surface area contributed by atoms with Crippen LogP contribution in [0.4, 0.5) is 10.1 Å². The Labute approximate surface area is 112 Å². The molecule has 0 bridgehead atoms. The third kappa shape index (κ3) is 3.68. The molecule has 0 saturated carbocycles. The molecule has 2 aromatic rings. The fourth-order valence-corrected chi connectivity index (χ4v) is 1.84. The van der Waals surface area contributed by atoms with Gasteiger partial charge in [-0.25, -0.2) is 4.39 Å². The van der Waals surface area contributed by atoms with Gasteiger partial charge in [0.2, 0.25) is 0 Å². The van der Waals surface area contributed by atoms with Crippen LogP contribution >= 0.6 is 0 Å². The highest BCUT2D eigenvalue weighted by atomic mass is 19.1. The lowest BCUT2D eigenvalue weighted by atomic mass is 10.1. The summed E-state index contributed by atoms with van der Waals surface area (Å²) in [4.78, 5) is 4.18. The summed E-state index contributed by atoms with van der Waals surface area (Å²) in [6.07, 6.45) is 2.53. The lowest BCUT2D eigenvalue weighted by Gasteiger charge is -2.11. The minimum atomic E-state index is -0.205. The van der Waals surface area contributed by atoms with Crippen molar-refractivity contribution in [2.24, 2.45) is 0 Å². The quantitative estimate of drug-likeness (QED) is 0.896. The van der Waals surface area contributed by atoms with E-state index in [-0.39, 0.29) is 5.82 Å². The molecule has 100 valence electrons. The van der Waals surface area contributed by atoms with Crippen molar-refractivity contribution in [2.45, 2.75) is 13.3 Å². The number of methoxy groups -OCH3 is 1. The average molecular weight is 260 g/mol. The standard InChI is InChI=1S/C15H17FN2O/c1-11-9-14(15(19-2)10-18-11)17-8-7-12-3-5-13(16)6-4-12/h3-6,9-10H,7-8H2,1-2H3,(H,17,18). The Morgan fingerprint density at radius 3 is 2.68 bits per heavy atom. The number of nitrogens with one attached hydrogen (secondary N) is 1. The highest BCUT2D eigenvalue weighted by molar-refractivity contribution is 5.55. The summed E-state index contributed by atoms with van der Waals surface area (Å²) < 4.78 is 18.0. The molecule has 1 aromatic heterocycles. The number of halogens is 1. The van der Waals surface area contributed by atoms with Gasteiger partial charge in [-0.15, -0.1) is 0 Å². The fourth-order valence-electron chi connectivity index (χ4n) is 1.84. The zero-order valence-corrected chi connectivity index (χ0v) is 11.1. The summed E-state index contributed by atoms with van der Waals surface area (Å²) in [7, 11) is 1.62. The first-order chi connectivity index (χ1) is 9.19. The molecule has 0 amide bonds. The Bertz CT molecular complexity index is 540. The van der Waals surface area contributed by atoms with Gasteiger partial charge in [-0.2, -0.15) is 0 Å². The summed E-state index contributed by atoms with van der Waals surface area (Å²) in [5, 5.41) is 3.31. The molecule has 19 heavy (non-hydrogen) atoms. The minimum absolute atomic E-state index is 0.205. The van der Waals surface area contributed by atoms with Gasteiger partial charge in [-0.05, 0) is 37.1 Å². The number of rotatable bonds is 5. The molecule has 0 fully saturated rings. The highest BCUT2D eigenvalue weighted by Crippen LogP contribution is 2.23. The van der Waals surface area contributed by atoms with Crippen molar-refractivity contribution in [2.75, 3.05) is 19.0 Å². The van der Waals surface area contributed by atoms with E-state index in [1.807, 2.05) is 13.0 Å². The maximum atomic E-state index is 12.8. The van der Waals surface area contributed by atoms with E-state index in [1.165, 1.54) is 12.1 Å². The summed E-state index contributed by atoms with van der Waals surface area (Å²) >= 11 is 0. The summed E-state index contributed by atoms with van der Waals surface area (Å²) in [5.41, 5.74) is 2.96. The predicted octanol–water partition coefficient (Wildman–Crippen LogP) is 3.19. The second-order valence-electron chi connectivity index (χ2n) is 4.33. The van der Waals surface area contributed by atoms with E-state index < -0.39 is 0 Å². The van der Waals surface area contributed by atoms with Crippen LogP contribution in [0.15, 0.2) is 36.5 Å². The smallest absolute Gasteiger partial charge is 0.160 e. The van der Waals surface area contributed by atoms with Gasteiger partial charge in [0.05, 0.1) is 19.0 Å². The number of aromatic nitrogens is 1. The molecule has 1 N–H and O–H groups in total. The van der Waals surface area contributed by atoms with E-state index >= 15 is 0 Å². The molecule has 0 unspecified atom stereocenters. The van der Waals surface area contributed by atoms with Gasteiger partial charge in [0.1, 0.15) is 5.82 Å². The van der Waals surface area contributed by atoms with Crippen molar-refractivity contribution in [3.8, 4) is 5.75 Å². The van der Waals surface area contributed by atoms with E-state index in [0.29, 0.717) is 0 Å². The predicted molar refractivity (Wildman–Crippen MR) is 74.1 cm³/mol. The Morgan fingerprint density at radius 1 is 1.26 bits per heavy atom. The van der Waals surface area contributed by atoms with Crippen LogP contribution in [-0.2, 0) is 6.42 Å². The Morgan fingerprint density at radius 2 is 2.00 bits per heavy atom. The first-order valence-corrected chi connectivity index (χ1v) is 6.18. The first kappa shape index (κ1) is 13.3. The molecule has 0 radical (unpaired) electrons.